The van der Waals surface area contributed by atoms with Crippen LogP contribution in [0.15, 0.2) is 18.3 Å². The minimum atomic E-state index is -0.162. The van der Waals surface area contributed by atoms with Gasteiger partial charge in [0.2, 0.25) is 0 Å². The molecule has 4 fully saturated rings. The number of nitrogens with zero attached hydrogens (tertiary/aromatic N) is 5. The van der Waals surface area contributed by atoms with Gasteiger partial charge in [-0.15, -0.1) is 0 Å². The zero-order valence-electron chi connectivity index (χ0n) is 19.2. The second kappa shape index (κ2) is 8.89. The van der Waals surface area contributed by atoms with E-state index in [2.05, 4.69) is 14.8 Å². The molecule has 4 heterocycles. The van der Waals surface area contributed by atoms with Crippen molar-refractivity contribution in [1.29, 1.82) is 0 Å². The molecule has 0 radical (unpaired) electrons. The van der Waals surface area contributed by atoms with Crippen molar-refractivity contribution in [2.45, 2.75) is 45.1 Å². The van der Waals surface area contributed by atoms with Gasteiger partial charge < -0.3 is 19.4 Å². The van der Waals surface area contributed by atoms with E-state index in [0.717, 1.165) is 76.6 Å². The van der Waals surface area contributed by atoms with E-state index in [1.807, 2.05) is 28.9 Å². The van der Waals surface area contributed by atoms with Gasteiger partial charge in [0.15, 0.2) is 0 Å². The van der Waals surface area contributed by atoms with Crippen LogP contribution >= 0.6 is 0 Å². The lowest BCUT2D eigenvalue weighted by Gasteiger charge is -2.48. The van der Waals surface area contributed by atoms with Crippen molar-refractivity contribution in [2.24, 2.45) is 5.41 Å². The number of carbonyl (C=O) groups excluding carboxylic acids is 2. The van der Waals surface area contributed by atoms with Crippen LogP contribution in [0, 0.1) is 5.41 Å². The first-order valence-electron chi connectivity index (χ1n) is 12.2. The summed E-state index contributed by atoms with van der Waals surface area (Å²) in [4.78, 5) is 38.3. The number of aromatic nitrogens is 1. The molecule has 5 rings (SSSR count). The standard InChI is InChI=1S/C24H35N5O3/c1-2-32-23(31)29-17-24(18-29)8-7-19(16-24)26-12-14-27(15-13-26)21-20(6-5-9-25-21)22(30)28-10-3-4-11-28/h5-6,9,19H,2-4,7-8,10-18H2,1H3/t19-/m1/s1. The fourth-order valence-corrected chi connectivity index (χ4v) is 6.09. The molecule has 1 atom stereocenters. The van der Waals surface area contributed by atoms with E-state index in [0.29, 0.717) is 18.1 Å². The smallest absolute Gasteiger partial charge is 0.409 e. The van der Waals surface area contributed by atoms with Crippen molar-refractivity contribution in [3.8, 4) is 0 Å². The Balaban J connectivity index is 1.16. The molecule has 0 N–H and O–H groups in total. The number of hydrogen-bond acceptors (Lipinski definition) is 6. The van der Waals surface area contributed by atoms with Crippen LogP contribution < -0.4 is 4.90 Å². The van der Waals surface area contributed by atoms with E-state index in [1.165, 1.54) is 19.3 Å². The van der Waals surface area contributed by atoms with Crippen molar-refractivity contribution in [2.75, 3.05) is 63.9 Å². The minimum absolute atomic E-state index is 0.127. The second-order valence-corrected chi connectivity index (χ2v) is 9.85. The van der Waals surface area contributed by atoms with Gasteiger partial charge in [-0.05, 0) is 51.2 Å². The highest BCUT2D eigenvalue weighted by atomic mass is 16.6. The van der Waals surface area contributed by atoms with Crippen LogP contribution in [-0.2, 0) is 4.74 Å². The molecule has 8 nitrogen and oxygen atoms in total. The zero-order chi connectivity index (χ0) is 22.1. The normalized spacial score (nSPS) is 25.3. The van der Waals surface area contributed by atoms with E-state index in [-0.39, 0.29) is 12.0 Å². The monoisotopic (exact) mass is 441 g/mol. The van der Waals surface area contributed by atoms with Crippen molar-refractivity contribution >= 4 is 17.8 Å². The maximum Gasteiger partial charge on any atom is 0.409 e. The fourth-order valence-electron chi connectivity index (χ4n) is 6.09. The Labute approximate surface area is 190 Å². The van der Waals surface area contributed by atoms with E-state index >= 15 is 0 Å². The molecule has 8 heteroatoms. The molecular weight excluding hydrogens is 406 g/mol. The van der Waals surface area contributed by atoms with Gasteiger partial charge in [0, 0.05) is 70.0 Å². The molecule has 1 aromatic rings. The molecule has 1 aliphatic carbocycles. The molecule has 2 amide bonds. The number of piperazine rings is 1. The molecule has 32 heavy (non-hydrogen) atoms. The summed E-state index contributed by atoms with van der Waals surface area (Å²) in [6, 6.07) is 4.40. The number of anilines is 1. The Morgan fingerprint density at radius 3 is 2.56 bits per heavy atom. The Kier molecular flexibility index (Phi) is 5.97. The summed E-state index contributed by atoms with van der Waals surface area (Å²) in [6.45, 7) is 9.50. The molecule has 1 aromatic heterocycles. The van der Waals surface area contributed by atoms with Crippen LogP contribution in [0.1, 0.15) is 49.4 Å². The summed E-state index contributed by atoms with van der Waals surface area (Å²) in [5.41, 5.74) is 1.04. The van der Waals surface area contributed by atoms with Gasteiger partial charge in [-0.25, -0.2) is 9.78 Å². The Morgan fingerprint density at radius 1 is 1.09 bits per heavy atom. The zero-order valence-corrected chi connectivity index (χ0v) is 19.2. The van der Waals surface area contributed by atoms with Gasteiger partial charge >= 0.3 is 6.09 Å². The van der Waals surface area contributed by atoms with Crippen LogP contribution in [0.3, 0.4) is 0 Å². The van der Waals surface area contributed by atoms with Gasteiger partial charge in [0.25, 0.3) is 5.91 Å². The van der Waals surface area contributed by atoms with Crippen LogP contribution in [0.2, 0.25) is 0 Å². The first-order chi connectivity index (χ1) is 15.6. The van der Waals surface area contributed by atoms with E-state index in [4.69, 9.17) is 4.74 Å². The summed E-state index contributed by atoms with van der Waals surface area (Å²) in [5.74, 6) is 0.970. The van der Waals surface area contributed by atoms with Crippen molar-refractivity contribution in [3.05, 3.63) is 23.9 Å². The lowest BCUT2D eigenvalue weighted by Crippen LogP contribution is -2.58. The first kappa shape index (κ1) is 21.5. The highest BCUT2D eigenvalue weighted by molar-refractivity contribution is 5.99. The molecular formula is C24H35N5O3. The number of ether oxygens (including phenoxy) is 1. The third-order valence-corrected chi connectivity index (χ3v) is 7.80. The highest BCUT2D eigenvalue weighted by Crippen LogP contribution is 2.47. The van der Waals surface area contributed by atoms with Crippen LogP contribution in [-0.4, -0.2) is 96.7 Å². The average molecular weight is 442 g/mol. The SMILES string of the molecule is CCOC(=O)N1CC2(CC[C@@H](N3CCN(c4ncccc4C(=O)N4CCCC4)CC3)C2)C1. The van der Waals surface area contributed by atoms with Crippen LogP contribution in [0.5, 0.6) is 0 Å². The molecule has 4 aliphatic rings. The number of likely N-dealkylation sites (tertiary alicyclic amines) is 2. The minimum Gasteiger partial charge on any atom is -0.450 e. The quantitative estimate of drug-likeness (QED) is 0.715. The lowest BCUT2D eigenvalue weighted by molar-refractivity contribution is -0.00294. The number of carbonyl (C=O) groups is 2. The molecule has 0 unspecified atom stereocenters. The lowest BCUT2D eigenvalue weighted by atomic mass is 9.78. The third kappa shape index (κ3) is 4.05. The molecule has 1 spiro atoms. The Bertz CT molecular complexity index is 842. The topological polar surface area (TPSA) is 69.2 Å². The fraction of sp³-hybridized carbons (Fsp3) is 0.708. The van der Waals surface area contributed by atoms with Gasteiger partial charge in [0.05, 0.1) is 12.2 Å². The molecule has 174 valence electrons. The van der Waals surface area contributed by atoms with Gasteiger partial charge in [0.1, 0.15) is 5.82 Å². The molecule has 1 saturated carbocycles. The van der Waals surface area contributed by atoms with Crippen molar-refractivity contribution in [3.63, 3.8) is 0 Å². The van der Waals surface area contributed by atoms with Crippen LogP contribution in [0.4, 0.5) is 10.6 Å². The summed E-state index contributed by atoms with van der Waals surface area (Å²) in [5, 5.41) is 0. The van der Waals surface area contributed by atoms with E-state index < -0.39 is 0 Å². The number of rotatable bonds is 4. The maximum absolute atomic E-state index is 13.0. The highest BCUT2D eigenvalue weighted by Gasteiger charge is 2.51. The summed E-state index contributed by atoms with van der Waals surface area (Å²) in [7, 11) is 0. The molecule has 3 saturated heterocycles. The van der Waals surface area contributed by atoms with Crippen LogP contribution in [0.25, 0.3) is 0 Å². The van der Waals surface area contributed by atoms with Gasteiger partial charge in [-0.3, -0.25) is 9.69 Å². The van der Waals surface area contributed by atoms with E-state index in [9.17, 15) is 9.59 Å². The molecule has 0 aromatic carbocycles. The predicted molar refractivity (Wildman–Crippen MR) is 122 cm³/mol. The Hall–Kier alpha value is -2.35. The van der Waals surface area contributed by atoms with E-state index in [1.54, 1.807) is 6.20 Å². The molecule has 3 aliphatic heterocycles. The second-order valence-electron chi connectivity index (χ2n) is 9.85. The third-order valence-electron chi connectivity index (χ3n) is 7.80. The number of pyridine rings is 1. The summed E-state index contributed by atoms with van der Waals surface area (Å²) in [6.07, 6.45) is 7.41. The first-order valence-corrected chi connectivity index (χ1v) is 12.2. The van der Waals surface area contributed by atoms with Gasteiger partial charge in [-0.2, -0.15) is 0 Å². The number of hydrogen-bond donors (Lipinski definition) is 0. The predicted octanol–water partition coefficient (Wildman–Crippen LogP) is 2.45. The largest absolute Gasteiger partial charge is 0.450 e. The van der Waals surface area contributed by atoms with Crippen molar-refractivity contribution < 1.29 is 14.3 Å². The average Bonchev–Trinajstić information content (AvgIpc) is 3.49. The van der Waals surface area contributed by atoms with Crippen molar-refractivity contribution in [1.82, 2.24) is 19.7 Å². The molecule has 0 bridgehead atoms. The summed E-state index contributed by atoms with van der Waals surface area (Å²) >= 11 is 0. The maximum atomic E-state index is 13.0. The Morgan fingerprint density at radius 2 is 1.84 bits per heavy atom. The number of amides is 2. The van der Waals surface area contributed by atoms with Gasteiger partial charge in [-0.1, -0.05) is 0 Å². The summed E-state index contributed by atoms with van der Waals surface area (Å²) < 4.78 is 5.14.